The molecule has 1 aliphatic carbocycles. The largest absolute Gasteiger partial charge is 0.399 e. The van der Waals surface area contributed by atoms with Gasteiger partial charge in [-0.05, 0) is 31.0 Å². The molecular formula is C12H15F2N3O. The van der Waals surface area contributed by atoms with Crippen LogP contribution in [0, 0.1) is 0 Å². The predicted octanol–water partition coefficient (Wildman–Crippen LogP) is 1.90. The number of alkyl halides is 2. The highest BCUT2D eigenvalue weighted by Crippen LogP contribution is 2.28. The smallest absolute Gasteiger partial charge is 0.265 e. The Labute approximate surface area is 104 Å². The van der Waals surface area contributed by atoms with Gasteiger partial charge in [0.05, 0.1) is 6.54 Å². The van der Waals surface area contributed by atoms with Gasteiger partial charge in [0.2, 0.25) is 5.91 Å². The van der Waals surface area contributed by atoms with Crippen LogP contribution in [-0.4, -0.2) is 18.5 Å². The molecule has 0 saturated heterocycles. The second kappa shape index (κ2) is 5.20. The second-order valence-electron chi connectivity index (χ2n) is 4.34. The summed E-state index contributed by atoms with van der Waals surface area (Å²) in [6.07, 6.45) is -0.631. The van der Waals surface area contributed by atoms with Gasteiger partial charge in [-0.15, -0.1) is 0 Å². The minimum Gasteiger partial charge on any atom is -0.399 e. The number of benzene rings is 1. The maximum atomic E-state index is 12.8. The molecule has 0 radical (unpaired) electrons. The summed E-state index contributed by atoms with van der Waals surface area (Å²) < 4.78 is 25.5. The topological polar surface area (TPSA) is 67.1 Å². The Morgan fingerprint density at radius 3 is 2.78 bits per heavy atom. The van der Waals surface area contributed by atoms with Crippen LogP contribution in [0.4, 0.5) is 20.2 Å². The van der Waals surface area contributed by atoms with Crippen LogP contribution in [0.15, 0.2) is 18.2 Å². The third kappa shape index (κ3) is 3.32. The van der Waals surface area contributed by atoms with Crippen molar-refractivity contribution in [2.75, 3.05) is 17.6 Å². The summed E-state index contributed by atoms with van der Waals surface area (Å²) in [6, 6.07) is 4.46. The zero-order valence-electron chi connectivity index (χ0n) is 9.75. The molecule has 4 N–H and O–H groups in total. The number of nitrogen functional groups attached to an aromatic ring is 1. The molecular weight excluding hydrogens is 240 g/mol. The normalized spacial score (nSPS) is 14.6. The lowest BCUT2D eigenvalue weighted by Gasteiger charge is -2.12. The Hall–Kier alpha value is -1.85. The molecule has 1 aromatic rings. The van der Waals surface area contributed by atoms with Crippen molar-refractivity contribution in [1.82, 2.24) is 5.32 Å². The van der Waals surface area contributed by atoms with E-state index in [1.54, 1.807) is 0 Å². The van der Waals surface area contributed by atoms with Gasteiger partial charge in [0.15, 0.2) is 0 Å². The van der Waals surface area contributed by atoms with Gasteiger partial charge in [0, 0.05) is 23.0 Å². The quantitative estimate of drug-likeness (QED) is 0.704. The monoisotopic (exact) mass is 255 g/mol. The first-order valence-corrected chi connectivity index (χ1v) is 5.77. The number of halogens is 2. The molecule has 0 aromatic heterocycles. The molecule has 1 aliphatic rings. The molecule has 0 spiro atoms. The van der Waals surface area contributed by atoms with Gasteiger partial charge < -0.3 is 16.4 Å². The highest BCUT2D eigenvalue weighted by molar-refractivity contribution is 5.81. The van der Waals surface area contributed by atoms with Crippen molar-refractivity contribution in [1.29, 1.82) is 0 Å². The molecule has 0 unspecified atom stereocenters. The molecule has 0 bridgehead atoms. The van der Waals surface area contributed by atoms with E-state index in [1.165, 1.54) is 18.2 Å². The van der Waals surface area contributed by atoms with Crippen LogP contribution in [-0.2, 0) is 4.79 Å². The Bertz CT molecular complexity index is 447. The molecule has 1 saturated carbocycles. The van der Waals surface area contributed by atoms with Crippen molar-refractivity contribution in [3.63, 3.8) is 0 Å². The predicted molar refractivity (Wildman–Crippen MR) is 65.5 cm³/mol. The Morgan fingerprint density at radius 1 is 1.44 bits per heavy atom. The first-order valence-electron chi connectivity index (χ1n) is 5.77. The van der Waals surface area contributed by atoms with Gasteiger partial charge in [-0.25, -0.2) is 8.78 Å². The number of amides is 1. The van der Waals surface area contributed by atoms with Gasteiger partial charge in [0.25, 0.3) is 6.43 Å². The fourth-order valence-corrected chi connectivity index (χ4v) is 1.60. The molecule has 0 heterocycles. The van der Waals surface area contributed by atoms with Gasteiger partial charge in [0.1, 0.15) is 0 Å². The van der Waals surface area contributed by atoms with Crippen LogP contribution < -0.4 is 16.4 Å². The van der Waals surface area contributed by atoms with E-state index in [-0.39, 0.29) is 35.4 Å². The van der Waals surface area contributed by atoms with Crippen molar-refractivity contribution in [3.8, 4) is 0 Å². The third-order valence-electron chi connectivity index (χ3n) is 2.69. The molecule has 1 fully saturated rings. The van der Waals surface area contributed by atoms with Gasteiger partial charge in [-0.3, -0.25) is 4.79 Å². The van der Waals surface area contributed by atoms with Crippen molar-refractivity contribution < 1.29 is 13.6 Å². The van der Waals surface area contributed by atoms with E-state index in [2.05, 4.69) is 10.6 Å². The van der Waals surface area contributed by atoms with Crippen LogP contribution >= 0.6 is 0 Å². The summed E-state index contributed by atoms with van der Waals surface area (Å²) in [5.41, 5.74) is 5.79. The Balaban J connectivity index is 1.96. The van der Waals surface area contributed by atoms with E-state index in [4.69, 9.17) is 5.73 Å². The lowest BCUT2D eigenvalue weighted by Crippen LogP contribution is -2.31. The molecule has 1 amide bonds. The lowest BCUT2D eigenvalue weighted by atomic mass is 10.1. The van der Waals surface area contributed by atoms with Crippen molar-refractivity contribution in [2.24, 2.45) is 0 Å². The number of anilines is 2. The SMILES string of the molecule is Nc1ccc(NCC(=O)NC2CC2)c(C(F)F)c1. The molecule has 2 rings (SSSR count). The molecule has 18 heavy (non-hydrogen) atoms. The molecule has 4 nitrogen and oxygen atoms in total. The average molecular weight is 255 g/mol. The summed E-state index contributed by atoms with van der Waals surface area (Å²) in [5.74, 6) is -0.186. The summed E-state index contributed by atoms with van der Waals surface area (Å²) in [4.78, 5) is 11.4. The zero-order chi connectivity index (χ0) is 13.1. The van der Waals surface area contributed by atoms with Crippen molar-refractivity contribution in [2.45, 2.75) is 25.3 Å². The van der Waals surface area contributed by atoms with E-state index in [9.17, 15) is 13.6 Å². The van der Waals surface area contributed by atoms with Crippen LogP contribution in [0.2, 0.25) is 0 Å². The first kappa shape index (κ1) is 12.6. The molecule has 98 valence electrons. The maximum Gasteiger partial charge on any atom is 0.265 e. The summed E-state index contributed by atoms with van der Waals surface area (Å²) in [6.45, 7) is -0.0138. The van der Waals surface area contributed by atoms with Crippen LogP contribution in [0.1, 0.15) is 24.8 Å². The fraction of sp³-hybridized carbons (Fsp3) is 0.417. The summed E-state index contributed by atoms with van der Waals surface area (Å²) >= 11 is 0. The van der Waals surface area contributed by atoms with Gasteiger partial charge in [-0.1, -0.05) is 0 Å². The van der Waals surface area contributed by atoms with Crippen LogP contribution in [0.25, 0.3) is 0 Å². The Kier molecular flexibility index (Phi) is 3.64. The minimum atomic E-state index is -2.62. The minimum absolute atomic E-state index is 0.0138. The summed E-state index contributed by atoms with van der Waals surface area (Å²) in [5, 5.41) is 5.48. The van der Waals surface area contributed by atoms with Gasteiger partial charge in [-0.2, -0.15) is 0 Å². The van der Waals surface area contributed by atoms with E-state index in [0.717, 1.165) is 12.8 Å². The van der Waals surface area contributed by atoms with Crippen molar-refractivity contribution in [3.05, 3.63) is 23.8 Å². The van der Waals surface area contributed by atoms with E-state index >= 15 is 0 Å². The molecule has 0 atom stereocenters. The number of carbonyl (C=O) groups is 1. The van der Waals surface area contributed by atoms with E-state index in [1.807, 2.05) is 0 Å². The van der Waals surface area contributed by atoms with Gasteiger partial charge >= 0.3 is 0 Å². The Morgan fingerprint density at radius 2 is 2.17 bits per heavy atom. The third-order valence-corrected chi connectivity index (χ3v) is 2.69. The van der Waals surface area contributed by atoms with Crippen molar-refractivity contribution >= 4 is 17.3 Å². The molecule has 1 aromatic carbocycles. The highest BCUT2D eigenvalue weighted by atomic mass is 19.3. The van der Waals surface area contributed by atoms with Crippen LogP contribution in [0.3, 0.4) is 0 Å². The second-order valence-corrected chi connectivity index (χ2v) is 4.34. The number of carbonyl (C=O) groups excluding carboxylic acids is 1. The fourth-order valence-electron chi connectivity index (χ4n) is 1.60. The number of hydrogen-bond donors (Lipinski definition) is 3. The zero-order valence-corrected chi connectivity index (χ0v) is 9.75. The average Bonchev–Trinajstić information content (AvgIpc) is 3.11. The lowest BCUT2D eigenvalue weighted by molar-refractivity contribution is -0.119. The number of hydrogen-bond acceptors (Lipinski definition) is 3. The number of nitrogens with two attached hydrogens (primary N) is 1. The van der Waals surface area contributed by atoms with E-state index < -0.39 is 6.43 Å². The maximum absolute atomic E-state index is 12.8. The standard InChI is InChI=1S/C12H15F2N3O/c13-12(14)9-5-7(15)1-4-10(9)16-6-11(18)17-8-2-3-8/h1,4-5,8,12,16H,2-3,6,15H2,(H,17,18). The highest BCUT2D eigenvalue weighted by Gasteiger charge is 2.23. The molecule has 6 heteroatoms. The summed E-state index contributed by atoms with van der Waals surface area (Å²) in [7, 11) is 0. The molecule has 0 aliphatic heterocycles. The number of nitrogens with one attached hydrogen (secondary N) is 2. The van der Waals surface area contributed by atoms with E-state index in [0.29, 0.717) is 0 Å². The first-order chi connectivity index (χ1) is 8.56. The number of rotatable bonds is 5. The van der Waals surface area contributed by atoms with Crippen LogP contribution in [0.5, 0.6) is 0 Å².